The van der Waals surface area contributed by atoms with Crippen LogP contribution < -0.4 is 10.6 Å². The first-order valence-corrected chi connectivity index (χ1v) is 6.40. The van der Waals surface area contributed by atoms with Crippen LogP contribution in [0.5, 0.6) is 0 Å². The third-order valence-electron chi connectivity index (χ3n) is 3.33. The van der Waals surface area contributed by atoms with E-state index < -0.39 is 22.8 Å². The highest BCUT2D eigenvalue weighted by Crippen LogP contribution is 2.45. The van der Waals surface area contributed by atoms with E-state index in [-0.39, 0.29) is 18.4 Å². The Morgan fingerprint density at radius 2 is 1.79 bits per heavy atom. The number of carboxylic acids is 1. The summed E-state index contributed by atoms with van der Waals surface area (Å²) in [4.78, 5) is 34.5. The summed E-state index contributed by atoms with van der Waals surface area (Å²) in [6.45, 7) is 6.99. The van der Waals surface area contributed by atoms with E-state index in [1.807, 2.05) is 0 Å². The highest BCUT2D eigenvalue weighted by Gasteiger charge is 2.50. The second-order valence-electron chi connectivity index (χ2n) is 6.25. The molecule has 0 aromatic carbocycles. The largest absolute Gasteiger partial charge is 0.481 e. The monoisotopic (exact) mass is 270 g/mol. The van der Waals surface area contributed by atoms with Gasteiger partial charge in [-0.1, -0.05) is 20.8 Å². The quantitative estimate of drug-likeness (QED) is 0.678. The highest BCUT2D eigenvalue weighted by atomic mass is 16.4. The average molecular weight is 270 g/mol. The van der Waals surface area contributed by atoms with Gasteiger partial charge in [0, 0.05) is 12.0 Å². The Hall–Kier alpha value is -1.59. The number of amides is 2. The molecule has 1 atom stereocenters. The molecule has 0 spiro atoms. The summed E-state index contributed by atoms with van der Waals surface area (Å²) in [7, 11) is 0. The molecule has 1 fully saturated rings. The van der Waals surface area contributed by atoms with Crippen molar-refractivity contribution in [2.24, 2.45) is 10.8 Å². The molecule has 2 amide bonds. The predicted octanol–water partition coefficient (Wildman–Crippen LogP) is 0.518. The summed E-state index contributed by atoms with van der Waals surface area (Å²) in [6.07, 6.45) is 1.18. The minimum atomic E-state index is -0.876. The SMILES string of the molecule is CC(NC(=O)C(C)(C)C)C(=O)NCC1(C(=O)O)CC1. The number of hydrogen-bond acceptors (Lipinski definition) is 3. The lowest BCUT2D eigenvalue weighted by atomic mass is 9.95. The van der Waals surface area contributed by atoms with E-state index in [0.717, 1.165) is 0 Å². The normalized spacial score (nSPS) is 18.3. The lowest BCUT2D eigenvalue weighted by Gasteiger charge is -2.22. The summed E-state index contributed by atoms with van der Waals surface area (Å²) in [5.74, 6) is -1.45. The fourth-order valence-corrected chi connectivity index (χ4v) is 1.51. The van der Waals surface area contributed by atoms with Gasteiger partial charge >= 0.3 is 5.97 Å². The molecule has 6 nitrogen and oxygen atoms in total. The molecule has 1 unspecified atom stereocenters. The molecule has 0 aromatic heterocycles. The molecule has 1 aliphatic rings. The number of aliphatic carboxylic acids is 1. The van der Waals surface area contributed by atoms with Crippen LogP contribution in [0.25, 0.3) is 0 Å². The number of carbonyl (C=O) groups excluding carboxylic acids is 2. The van der Waals surface area contributed by atoms with E-state index in [0.29, 0.717) is 12.8 Å². The molecule has 108 valence electrons. The van der Waals surface area contributed by atoms with E-state index >= 15 is 0 Å². The molecule has 0 aromatic rings. The molecule has 6 heteroatoms. The zero-order valence-electron chi connectivity index (χ0n) is 11.9. The van der Waals surface area contributed by atoms with Crippen LogP contribution in [-0.2, 0) is 14.4 Å². The Balaban J connectivity index is 2.42. The molecule has 1 aliphatic carbocycles. The predicted molar refractivity (Wildman–Crippen MR) is 69.4 cm³/mol. The molecule has 19 heavy (non-hydrogen) atoms. The van der Waals surface area contributed by atoms with Gasteiger partial charge in [-0.05, 0) is 19.8 Å². The summed E-state index contributed by atoms with van der Waals surface area (Å²) >= 11 is 0. The molecular formula is C13H22N2O4. The maximum Gasteiger partial charge on any atom is 0.311 e. The molecule has 3 N–H and O–H groups in total. The van der Waals surface area contributed by atoms with Gasteiger partial charge < -0.3 is 15.7 Å². The van der Waals surface area contributed by atoms with Crippen LogP contribution in [0.15, 0.2) is 0 Å². The molecular weight excluding hydrogens is 248 g/mol. The number of carbonyl (C=O) groups is 3. The zero-order chi connectivity index (χ0) is 14.8. The van der Waals surface area contributed by atoms with Crippen molar-refractivity contribution in [3.05, 3.63) is 0 Å². The van der Waals surface area contributed by atoms with Crippen molar-refractivity contribution in [1.82, 2.24) is 10.6 Å². The van der Waals surface area contributed by atoms with Crippen LogP contribution in [0.2, 0.25) is 0 Å². The number of rotatable bonds is 5. The first-order chi connectivity index (χ1) is 8.58. The Morgan fingerprint density at radius 1 is 1.26 bits per heavy atom. The van der Waals surface area contributed by atoms with Gasteiger partial charge in [-0.15, -0.1) is 0 Å². The Morgan fingerprint density at radius 3 is 2.16 bits per heavy atom. The first kappa shape index (κ1) is 15.5. The molecule has 0 aliphatic heterocycles. The number of carboxylic acid groups (broad SMARTS) is 1. The van der Waals surface area contributed by atoms with Gasteiger partial charge in [0.2, 0.25) is 11.8 Å². The van der Waals surface area contributed by atoms with Crippen molar-refractivity contribution in [1.29, 1.82) is 0 Å². The van der Waals surface area contributed by atoms with Crippen molar-refractivity contribution in [3.8, 4) is 0 Å². The van der Waals surface area contributed by atoms with Crippen molar-refractivity contribution < 1.29 is 19.5 Å². The summed E-state index contributed by atoms with van der Waals surface area (Å²) < 4.78 is 0. The van der Waals surface area contributed by atoms with Crippen molar-refractivity contribution in [2.75, 3.05) is 6.54 Å². The second kappa shape index (κ2) is 5.19. The third-order valence-corrected chi connectivity index (χ3v) is 3.33. The highest BCUT2D eigenvalue weighted by molar-refractivity contribution is 5.89. The smallest absolute Gasteiger partial charge is 0.311 e. The van der Waals surface area contributed by atoms with E-state index in [2.05, 4.69) is 10.6 Å². The van der Waals surface area contributed by atoms with Gasteiger partial charge in [-0.2, -0.15) is 0 Å². The minimum absolute atomic E-state index is 0.122. The third kappa shape index (κ3) is 3.94. The lowest BCUT2D eigenvalue weighted by Crippen LogP contribution is -2.49. The van der Waals surface area contributed by atoms with Crippen molar-refractivity contribution in [2.45, 2.75) is 46.6 Å². The molecule has 0 radical (unpaired) electrons. The zero-order valence-corrected chi connectivity index (χ0v) is 11.9. The second-order valence-corrected chi connectivity index (χ2v) is 6.25. The summed E-state index contributed by atoms with van der Waals surface area (Å²) in [6, 6.07) is -0.670. The maximum absolute atomic E-state index is 11.8. The van der Waals surface area contributed by atoms with Gasteiger partial charge in [0.1, 0.15) is 6.04 Å². The van der Waals surface area contributed by atoms with Crippen LogP contribution in [-0.4, -0.2) is 35.5 Å². The van der Waals surface area contributed by atoms with Crippen LogP contribution in [0.4, 0.5) is 0 Å². The minimum Gasteiger partial charge on any atom is -0.481 e. The fourth-order valence-electron chi connectivity index (χ4n) is 1.51. The van der Waals surface area contributed by atoms with Gasteiger partial charge in [0.15, 0.2) is 0 Å². The summed E-state index contributed by atoms with van der Waals surface area (Å²) in [5.41, 5.74) is -1.35. The number of nitrogens with one attached hydrogen (secondary N) is 2. The average Bonchev–Trinajstić information content (AvgIpc) is 3.05. The van der Waals surface area contributed by atoms with Crippen LogP contribution in [0, 0.1) is 10.8 Å². The van der Waals surface area contributed by atoms with Crippen LogP contribution in [0.1, 0.15) is 40.5 Å². The van der Waals surface area contributed by atoms with E-state index in [1.165, 1.54) is 0 Å². The lowest BCUT2D eigenvalue weighted by molar-refractivity contribution is -0.143. The van der Waals surface area contributed by atoms with Gasteiger partial charge in [0.25, 0.3) is 0 Å². The Kier molecular flexibility index (Phi) is 4.22. The Bertz CT molecular complexity index is 394. The maximum atomic E-state index is 11.8. The molecule has 0 saturated heterocycles. The van der Waals surface area contributed by atoms with Crippen molar-refractivity contribution in [3.63, 3.8) is 0 Å². The number of hydrogen-bond donors (Lipinski definition) is 3. The van der Waals surface area contributed by atoms with Crippen LogP contribution >= 0.6 is 0 Å². The molecule has 1 rings (SSSR count). The van der Waals surface area contributed by atoms with Gasteiger partial charge in [0.05, 0.1) is 5.41 Å². The van der Waals surface area contributed by atoms with Crippen molar-refractivity contribution >= 4 is 17.8 Å². The van der Waals surface area contributed by atoms with Crippen LogP contribution in [0.3, 0.4) is 0 Å². The molecule has 0 heterocycles. The van der Waals surface area contributed by atoms with Gasteiger partial charge in [-0.3, -0.25) is 14.4 Å². The van der Waals surface area contributed by atoms with E-state index in [1.54, 1.807) is 27.7 Å². The topological polar surface area (TPSA) is 95.5 Å². The fraction of sp³-hybridized carbons (Fsp3) is 0.769. The Labute approximate surface area is 112 Å². The van der Waals surface area contributed by atoms with E-state index in [4.69, 9.17) is 5.11 Å². The first-order valence-electron chi connectivity index (χ1n) is 6.40. The van der Waals surface area contributed by atoms with Gasteiger partial charge in [-0.25, -0.2) is 0 Å². The molecule has 0 bridgehead atoms. The van der Waals surface area contributed by atoms with E-state index in [9.17, 15) is 14.4 Å². The standard InChI is InChI=1S/C13H22N2O4/c1-8(15-10(17)12(2,3)4)9(16)14-7-13(5-6-13)11(18)19/h8H,5-7H2,1-4H3,(H,14,16)(H,15,17)(H,18,19). The molecule has 1 saturated carbocycles. The summed E-state index contributed by atoms with van der Waals surface area (Å²) in [5, 5.41) is 14.2.